The van der Waals surface area contributed by atoms with E-state index in [1.165, 1.54) is 33.1 Å². The summed E-state index contributed by atoms with van der Waals surface area (Å²) in [6, 6.07) is 0. The van der Waals surface area contributed by atoms with Crippen LogP contribution in [-0.2, 0) is 9.59 Å². The minimum atomic E-state index is -0.935. The topological polar surface area (TPSA) is 115 Å². The molecule has 142 valence electrons. The van der Waals surface area contributed by atoms with E-state index < -0.39 is 18.0 Å². The van der Waals surface area contributed by atoms with Crippen LogP contribution in [0, 0.1) is 5.92 Å². The summed E-state index contributed by atoms with van der Waals surface area (Å²) in [6.07, 6.45) is 4.99. The molecule has 0 rings (SSSR count). The number of hydrogen-bond acceptors (Lipinski definition) is 4. The molecule has 24 heavy (non-hydrogen) atoms. The van der Waals surface area contributed by atoms with Crippen LogP contribution in [0.5, 0.6) is 0 Å². The molecular formula is C18H34O6. The quantitative estimate of drug-likeness (QED) is 0.476. The lowest BCUT2D eigenvalue weighted by Gasteiger charge is -2.16. The van der Waals surface area contributed by atoms with Gasteiger partial charge in [-0.15, -0.1) is 0 Å². The zero-order valence-electron chi connectivity index (χ0n) is 15.4. The molecule has 0 radical (unpaired) electrons. The molecule has 0 bridgehead atoms. The van der Waals surface area contributed by atoms with E-state index in [4.69, 9.17) is 15.3 Å². The third-order valence-electron chi connectivity index (χ3n) is 3.09. The highest BCUT2D eigenvalue weighted by molar-refractivity contribution is 5.85. The molecule has 0 amide bonds. The summed E-state index contributed by atoms with van der Waals surface area (Å²) in [6.45, 7) is 13.4. The largest absolute Gasteiger partial charge is 0.478 e. The average Bonchev–Trinajstić information content (AvgIpc) is 2.51. The Balaban J connectivity index is -0.000000309. The fraction of sp³-hybridized carbons (Fsp3) is 0.667. The van der Waals surface area contributed by atoms with Crippen molar-refractivity contribution in [2.24, 2.45) is 5.92 Å². The number of hydrogen-bond donors (Lipinski definition) is 4. The highest BCUT2D eigenvalue weighted by Crippen LogP contribution is 2.18. The summed E-state index contributed by atoms with van der Waals surface area (Å²) in [5.74, 6) is -1.28. The summed E-state index contributed by atoms with van der Waals surface area (Å²) in [5.41, 5.74) is 0.352. The summed E-state index contributed by atoms with van der Waals surface area (Å²) in [4.78, 5) is 19.2. The normalized spacial score (nSPS) is 11.8. The molecule has 0 saturated heterocycles. The molecule has 0 aromatic carbocycles. The van der Waals surface area contributed by atoms with E-state index in [-0.39, 0.29) is 17.8 Å². The fourth-order valence-corrected chi connectivity index (χ4v) is 1.44. The predicted molar refractivity (Wildman–Crippen MR) is 95.9 cm³/mol. The number of carbonyl (C=O) groups is 2. The van der Waals surface area contributed by atoms with Gasteiger partial charge in [0, 0.05) is 11.1 Å². The second kappa shape index (κ2) is 17.7. The van der Waals surface area contributed by atoms with Crippen LogP contribution in [0.3, 0.4) is 0 Å². The van der Waals surface area contributed by atoms with Gasteiger partial charge in [0.25, 0.3) is 0 Å². The second-order valence-corrected chi connectivity index (χ2v) is 5.66. The maximum Gasteiger partial charge on any atom is 0.330 e. The van der Waals surface area contributed by atoms with Crippen LogP contribution in [-0.4, -0.2) is 45.1 Å². The van der Waals surface area contributed by atoms with Crippen LogP contribution in [0.2, 0.25) is 0 Å². The van der Waals surface area contributed by atoms with Crippen molar-refractivity contribution in [3.8, 4) is 0 Å². The Morgan fingerprint density at radius 1 is 1.00 bits per heavy atom. The predicted octanol–water partition coefficient (Wildman–Crippen LogP) is 3.24. The average molecular weight is 346 g/mol. The molecule has 0 aromatic heterocycles. The van der Waals surface area contributed by atoms with E-state index in [0.29, 0.717) is 5.92 Å². The van der Waals surface area contributed by atoms with Gasteiger partial charge in [-0.05, 0) is 26.2 Å². The first-order valence-electron chi connectivity index (χ1n) is 8.09. The monoisotopic (exact) mass is 346 g/mol. The van der Waals surface area contributed by atoms with Crippen molar-refractivity contribution in [1.29, 1.82) is 0 Å². The van der Waals surface area contributed by atoms with Crippen molar-refractivity contribution < 1.29 is 30.0 Å². The maximum atomic E-state index is 9.60. The van der Waals surface area contributed by atoms with E-state index in [1.807, 2.05) is 0 Å². The van der Waals surface area contributed by atoms with E-state index in [9.17, 15) is 14.7 Å². The Labute approximate surface area is 145 Å². The Morgan fingerprint density at radius 3 is 1.58 bits per heavy atom. The zero-order chi connectivity index (χ0) is 19.7. The first kappa shape index (κ1) is 27.2. The summed E-state index contributed by atoms with van der Waals surface area (Å²) in [5, 5.41) is 33.6. The van der Waals surface area contributed by atoms with E-state index >= 15 is 0 Å². The van der Waals surface area contributed by atoms with E-state index in [2.05, 4.69) is 27.0 Å². The number of carboxylic acids is 2. The van der Waals surface area contributed by atoms with Crippen molar-refractivity contribution >= 4 is 11.9 Å². The summed E-state index contributed by atoms with van der Waals surface area (Å²) < 4.78 is 0. The number of aliphatic hydroxyl groups excluding tert-OH is 2. The van der Waals surface area contributed by atoms with Crippen molar-refractivity contribution in [3.63, 3.8) is 0 Å². The van der Waals surface area contributed by atoms with Gasteiger partial charge < -0.3 is 20.4 Å². The molecule has 6 nitrogen and oxygen atoms in total. The summed E-state index contributed by atoms with van der Waals surface area (Å²) >= 11 is 0. The number of aliphatic hydroxyl groups is 2. The highest BCUT2D eigenvalue weighted by Gasteiger charge is 2.11. The minimum Gasteiger partial charge on any atom is -0.478 e. The van der Waals surface area contributed by atoms with Crippen molar-refractivity contribution in [1.82, 2.24) is 0 Å². The lowest BCUT2D eigenvalue weighted by atomic mass is 9.93. The van der Waals surface area contributed by atoms with Gasteiger partial charge in [0.2, 0.25) is 0 Å². The van der Waals surface area contributed by atoms with E-state index in [1.54, 1.807) is 0 Å². The number of unbranched alkanes of at least 4 members (excludes halogenated alkanes) is 1. The van der Waals surface area contributed by atoms with Crippen molar-refractivity contribution in [3.05, 3.63) is 24.3 Å². The van der Waals surface area contributed by atoms with Crippen LogP contribution in [0.1, 0.15) is 59.8 Å². The molecule has 0 aliphatic heterocycles. The Kier molecular flexibility index (Phi) is 20.0. The number of carboxylic acid groups (broad SMARTS) is 2. The fourth-order valence-electron chi connectivity index (χ4n) is 1.44. The Morgan fingerprint density at radius 2 is 1.38 bits per heavy atom. The second-order valence-electron chi connectivity index (χ2n) is 5.66. The molecule has 0 spiro atoms. The van der Waals surface area contributed by atoms with Gasteiger partial charge in [-0.1, -0.05) is 52.7 Å². The maximum absolute atomic E-state index is 9.60. The Hall–Kier alpha value is -1.66. The van der Waals surface area contributed by atoms with Gasteiger partial charge in [0.1, 0.15) is 0 Å². The molecule has 2 atom stereocenters. The number of aliphatic carboxylic acids is 2. The number of rotatable bonds is 9. The molecule has 0 aliphatic carbocycles. The van der Waals surface area contributed by atoms with Gasteiger partial charge in [-0.2, -0.15) is 0 Å². The molecule has 0 aromatic rings. The van der Waals surface area contributed by atoms with Crippen LogP contribution < -0.4 is 0 Å². The highest BCUT2D eigenvalue weighted by atomic mass is 16.4. The molecule has 0 fully saturated rings. The van der Waals surface area contributed by atoms with Crippen LogP contribution in [0.15, 0.2) is 24.3 Å². The smallest absolute Gasteiger partial charge is 0.330 e. The molecule has 2 unspecified atom stereocenters. The van der Waals surface area contributed by atoms with Crippen LogP contribution >= 0.6 is 0 Å². The molecule has 0 saturated carbocycles. The summed E-state index contributed by atoms with van der Waals surface area (Å²) in [7, 11) is 0. The standard InChI is InChI=1S/C10H22O2.2C4H6O2/c1-3-5-6-9(4-2)7-10(12)8-11;2*1-3(2)4(5)6/h9-12H,3-8H2,1-2H3;2*1H2,2H3,(H,5,6). The third kappa shape index (κ3) is 22.6. The van der Waals surface area contributed by atoms with Gasteiger partial charge in [0.15, 0.2) is 0 Å². The molecule has 4 N–H and O–H groups in total. The van der Waals surface area contributed by atoms with Gasteiger partial charge >= 0.3 is 11.9 Å². The molecule has 6 heteroatoms. The van der Waals surface area contributed by atoms with Crippen molar-refractivity contribution in [2.45, 2.75) is 65.9 Å². The first-order valence-corrected chi connectivity index (χ1v) is 8.09. The Bertz CT molecular complexity index is 328. The lowest BCUT2D eigenvalue weighted by Crippen LogP contribution is -2.17. The third-order valence-corrected chi connectivity index (χ3v) is 3.09. The minimum absolute atomic E-state index is 0.0946. The molecular weight excluding hydrogens is 312 g/mol. The van der Waals surface area contributed by atoms with Gasteiger partial charge in [0.05, 0.1) is 12.7 Å². The first-order chi connectivity index (χ1) is 11.0. The van der Waals surface area contributed by atoms with E-state index in [0.717, 1.165) is 12.8 Å². The molecule has 0 aliphatic rings. The van der Waals surface area contributed by atoms with Crippen LogP contribution in [0.25, 0.3) is 0 Å². The SMILES string of the molecule is C=C(C)C(=O)O.C=C(C)C(=O)O.CCCCC(CC)CC(O)CO. The van der Waals surface area contributed by atoms with Gasteiger partial charge in [-0.3, -0.25) is 0 Å². The lowest BCUT2D eigenvalue weighted by molar-refractivity contribution is -0.133. The zero-order valence-corrected chi connectivity index (χ0v) is 15.4. The van der Waals surface area contributed by atoms with Gasteiger partial charge in [-0.25, -0.2) is 9.59 Å². The van der Waals surface area contributed by atoms with Crippen LogP contribution in [0.4, 0.5) is 0 Å². The van der Waals surface area contributed by atoms with Crippen molar-refractivity contribution in [2.75, 3.05) is 6.61 Å². The molecule has 0 heterocycles.